The van der Waals surface area contributed by atoms with Gasteiger partial charge in [-0.3, -0.25) is 0 Å². The molecule has 0 fully saturated rings. The van der Waals surface area contributed by atoms with Crippen LogP contribution in [0, 0.1) is 5.82 Å². The molecule has 0 aliphatic rings. The third-order valence-electron chi connectivity index (χ3n) is 3.11. The van der Waals surface area contributed by atoms with Gasteiger partial charge in [0.25, 0.3) is 0 Å². The molecule has 0 aromatic heterocycles. The molecule has 2 rings (SSSR count). The third kappa shape index (κ3) is 2.57. The summed E-state index contributed by atoms with van der Waals surface area (Å²) in [5.74, 6) is -0.0165. The number of hydrogen-bond acceptors (Lipinski definition) is 2. The monoisotopic (exact) mass is 280 g/mol. The van der Waals surface area contributed by atoms with Gasteiger partial charge in [-0.15, -0.1) is 0 Å². The van der Waals surface area contributed by atoms with Gasteiger partial charge in [0.05, 0.1) is 12.1 Å². The molecule has 19 heavy (non-hydrogen) atoms. The Kier molecular flexibility index (Phi) is 3.78. The molecule has 1 N–H and O–H groups in total. The molecular weight excluding hydrogens is 267 g/mol. The van der Waals surface area contributed by atoms with E-state index in [9.17, 15) is 9.50 Å². The lowest BCUT2D eigenvalue weighted by atomic mass is 9.88. The summed E-state index contributed by atoms with van der Waals surface area (Å²) in [6.07, 6.45) is 0. The van der Waals surface area contributed by atoms with Gasteiger partial charge in [-0.25, -0.2) is 4.39 Å². The van der Waals surface area contributed by atoms with Crippen molar-refractivity contribution >= 4 is 11.6 Å². The number of rotatable bonds is 3. The minimum atomic E-state index is -1.46. The minimum absolute atomic E-state index is 0.208. The van der Waals surface area contributed by atoms with E-state index in [4.69, 9.17) is 16.3 Å². The molecule has 0 radical (unpaired) electrons. The van der Waals surface area contributed by atoms with Gasteiger partial charge in [-0.05, 0) is 30.7 Å². The zero-order valence-electron chi connectivity index (χ0n) is 10.7. The maximum absolute atomic E-state index is 13.8. The van der Waals surface area contributed by atoms with Crippen molar-refractivity contribution in [3.8, 4) is 5.75 Å². The summed E-state index contributed by atoms with van der Waals surface area (Å²) < 4.78 is 18.9. The molecule has 0 saturated heterocycles. The van der Waals surface area contributed by atoms with Crippen LogP contribution in [0.15, 0.2) is 42.5 Å². The lowest BCUT2D eigenvalue weighted by Gasteiger charge is -2.25. The van der Waals surface area contributed by atoms with Crippen molar-refractivity contribution in [2.75, 3.05) is 7.11 Å². The van der Waals surface area contributed by atoms with Crippen LogP contribution in [0.25, 0.3) is 0 Å². The van der Waals surface area contributed by atoms with Gasteiger partial charge < -0.3 is 9.84 Å². The second kappa shape index (κ2) is 5.19. The van der Waals surface area contributed by atoms with Gasteiger partial charge in [0.15, 0.2) is 0 Å². The molecule has 1 atom stereocenters. The molecule has 2 aromatic rings. The second-order valence-corrected chi connectivity index (χ2v) is 4.81. The van der Waals surface area contributed by atoms with E-state index in [-0.39, 0.29) is 5.56 Å². The standard InChI is InChI=1S/C15H14ClFO2/c1-15(18,11-5-3-4-6-13(11)17)10-7-8-12(16)14(9-10)19-2/h3-9,18H,1-2H3. The van der Waals surface area contributed by atoms with E-state index >= 15 is 0 Å². The van der Waals surface area contributed by atoms with E-state index in [2.05, 4.69) is 0 Å². The highest BCUT2D eigenvalue weighted by molar-refractivity contribution is 6.32. The average molecular weight is 281 g/mol. The molecule has 0 amide bonds. The van der Waals surface area contributed by atoms with Gasteiger partial charge in [0.1, 0.15) is 17.2 Å². The number of halogens is 2. The molecule has 1 unspecified atom stereocenters. The van der Waals surface area contributed by atoms with Crippen molar-refractivity contribution in [1.29, 1.82) is 0 Å². The Hall–Kier alpha value is -1.58. The fraction of sp³-hybridized carbons (Fsp3) is 0.200. The molecule has 100 valence electrons. The topological polar surface area (TPSA) is 29.5 Å². The van der Waals surface area contributed by atoms with Crippen LogP contribution in [0.5, 0.6) is 5.75 Å². The predicted molar refractivity (Wildman–Crippen MR) is 73.1 cm³/mol. The van der Waals surface area contributed by atoms with Crippen molar-refractivity contribution in [2.24, 2.45) is 0 Å². The van der Waals surface area contributed by atoms with Crippen molar-refractivity contribution in [2.45, 2.75) is 12.5 Å². The van der Waals surface area contributed by atoms with E-state index < -0.39 is 11.4 Å². The zero-order valence-corrected chi connectivity index (χ0v) is 11.4. The molecule has 4 heteroatoms. The third-order valence-corrected chi connectivity index (χ3v) is 3.42. The van der Waals surface area contributed by atoms with E-state index in [1.807, 2.05) is 0 Å². The summed E-state index contributed by atoms with van der Waals surface area (Å²) >= 11 is 5.94. The molecule has 0 saturated carbocycles. The Balaban J connectivity index is 2.53. The summed E-state index contributed by atoms with van der Waals surface area (Å²) in [6.45, 7) is 1.54. The molecule has 2 aromatic carbocycles. The van der Waals surface area contributed by atoms with Crippen molar-refractivity contribution in [3.63, 3.8) is 0 Å². The van der Waals surface area contributed by atoms with Gasteiger partial charge in [-0.1, -0.05) is 35.9 Å². The largest absolute Gasteiger partial charge is 0.495 e. The first kappa shape index (κ1) is 13.8. The van der Waals surface area contributed by atoms with E-state index in [1.54, 1.807) is 36.4 Å². The fourth-order valence-electron chi connectivity index (χ4n) is 1.97. The Morgan fingerprint density at radius 1 is 1.21 bits per heavy atom. The van der Waals surface area contributed by atoms with Crippen molar-refractivity contribution in [1.82, 2.24) is 0 Å². The Labute approximate surface area is 116 Å². The quantitative estimate of drug-likeness (QED) is 0.928. The van der Waals surface area contributed by atoms with E-state index in [1.165, 1.54) is 20.1 Å². The molecule has 2 nitrogen and oxygen atoms in total. The van der Waals surface area contributed by atoms with Crippen molar-refractivity contribution in [3.05, 3.63) is 64.4 Å². The summed E-state index contributed by atoms with van der Waals surface area (Å²) in [7, 11) is 1.49. The van der Waals surface area contributed by atoms with Crippen LogP contribution in [0.3, 0.4) is 0 Å². The van der Waals surface area contributed by atoms with Crippen LogP contribution < -0.4 is 4.74 Å². The van der Waals surface area contributed by atoms with E-state index in [0.717, 1.165) is 0 Å². The minimum Gasteiger partial charge on any atom is -0.495 e. The van der Waals surface area contributed by atoms with Gasteiger partial charge in [0, 0.05) is 5.56 Å². The van der Waals surface area contributed by atoms with Crippen LogP contribution in [0.2, 0.25) is 5.02 Å². The molecule has 0 spiro atoms. The highest BCUT2D eigenvalue weighted by Gasteiger charge is 2.29. The molecule has 0 aliphatic heterocycles. The van der Waals surface area contributed by atoms with Crippen LogP contribution >= 0.6 is 11.6 Å². The SMILES string of the molecule is COc1cc(C(C)(O)c2ccccc2F)ccc1Cl. The van der Waals surface area contributed by atoms with Crippen LogP contribution in [0.1, 0.15) is 18.1 Å². The van der Waals surface area contributed by atoms with Crippen molar-refractivity contribution < 1.29 is 14.2 Å². The Bertz CT molecular complexity index is 596. The number of hydrogen-bond donors (Lipinski definition) is 1. The molecule has 0 bridgehead atoms. The van der Waals surface area contributed by atoms with Gasteiger partial charge in [0.2, 0.25) is 0 Å². The predicted octanol–water partition coefficient (Wildman–Crippen LogP) is 3.74. The zero-order chi connectivity index (χ0) is 14.0. The highest BCUT2D eigenvalue weighted by atomic mass is 35.5. The highest BCUT2D eigenvalue weighted by Crippen LogP contribution is 2.35. The normalized spacial score (nSPS) is 13.9. The first-order valence-corrected chi connectivity index (χ1v) is 6.16. The average Bonchev–Trinajstić information content (AvgIpc) is 2.39. The second-order valence-electron chi connectivity index (χ2n) is 4.40. The lowest BCUT2D eigenvalue weighted by molar-refractivity contribution is 0.0977. The van der Waals surface area contributed by atoms with Crippen LogP contribution in [-0.2, 0) is 5.60 Å². The first-order valence-electron chi connectivity index (χ1n) is 5.78. The number of benzene rings is 2. The first-order chi connectivity index (χ1) is 8.96. The fourth-order valence-corrected chi connectivity index (χ4v) is 2.17. The maximum Gasteiger partial charge on any atom is 0.137 e. The maximum atomic E-state index is 13.8. The molecular formula is C15H14ClFO2. The summed E-state index contributed by atoms with van der Waals surface area (Å²) in [5, 5.41) is 11.1. The van der Waals surface area contributed by atoms with E-state index in [0.29, 0.717) is 16.3 Å². The van der Waals surface area contributed by atoms with Crippen LogP contribution in [-0.4, -0.2) is 12.2 Å². The lowest BCUT2D eigenvalue weighted by Crippen LogP contribution is -2.24. The molecule has 0 aliphatic carbocycles. The summed E-state index contributed by atoms with van der Waals surface area (Å²) in [6, 6.07) is 11.0. The van der Waals surface area contributed by atoms with Gasteiger partial charge >= 0.3 is 0 Å². The number of ether oxygens (including phenoxy) is 1. The summed E-state index contributed by atoms with van der Waals surface area (Å²) in [4.78, 5) is 0. The van der Waals surface area contributed by atoms with Crippen LogP contribution in [0.4, 0.5) is 4.39 Å². The van der Waals surface area contributed by atoms with Gasteiger partial charge in [-0.2, -0.15) is 0 Å². The Morgan fingerprint density at radius 3 is 2.53 bits per heavy atom. The number of aliphatic hydroxyl groups is 1. The number of methoxy groups -OCH3 is 1. The molecule has 0 heterocycles. The Morgan fingerprint density at radius 2 is 1.89 bits per heavy atom. The smallest absolute Gasteiger partial charge is 0.137 e. The summed E-state index contributed by atoms with van der Waals surface area (Å²) in [5.41, 5.74) is -0.735.